The maximum Gasteiger partial charge on any atom is 0.469 e. The highest BCUT2D eigenvalue weighted by Gasteiger charge is 2.37. The van der Waals surface area contributed by atoms with Gasteiger partial charge >= 0.3 is 11.5 Å². The molecule has 0 atom stereocenters. The molecule has 0 unspecified atom stereocenters. The van der Waals surface area contributed by atoms with E-state index in [9.17, 15) is 20.2 Å². The number of hydrogen-bond acceptors (Lipinski definition) is 6. The highest BCUT2D eigenvalue weighted by Crippen LogP contribution is 2.39. The van der Waals surface area contributed by atoms with Crippen molar-refractivity contribution in [2.24, 2.45) is 7.05 Å². The van der Waals surface area contributed by atoms with Crippen molar-refractivity contribution in [1.29, 1.82) is 0 Å². The van der Waals surface area contributed by atoms with Gasteiger partial charge in [0, 0.05) is 4.90 Å². The van der Waals surface area contributed by atoms with Crippen LogP contribution in [0.1, 0.15) is 0 Å². The van der Waals surface area contributed by atoms with Gasteiger partial charge in [-0.15, -0.1) is 0 Å². The second-order valence-electron chi connectivity index (χ2n) is 3.53. The highest BCUT2D eigenvalue weighted by molar-refractivity contribution is 7.99. The van der Waals surface area contributed by atoms with Gasteiger partial charge in [0.2, 0.25) is 5.03 Å². The highest BCUT2D eigenvalue weighted by atomic mass is 32.2. The minimum Gasteiger partial charge on any atom is -0.358 e. The summed E-state index contributed by atoms with van der Waals surface area (Å²) < 4.78 is 1.15. The van der Waals surface area contributed by atoms with Gasteiger partial charge in [-0.3, -0.25) is 10.1 Å². The molecule has 1 aromatic heterocycles. The van der Waals surface area contributed by atoms with Gasteiger partial charge in [-0.25, -0.2) is 0 Å². The molecule has 1 aromatic carbocycles. The fourth-order valence-corrected chi connectivity index (χ4v) is 2.43. The molecule has 0 fully saturated rings. The lowest BCUT2D eigenvalue weighted by Gasteiger charge is -1.98. The third-order valence-electron chi connectivity index (χ3n) is 2.27. The molecule has 0 aliphatic carbocycles. The summed E-state index contributed by atoms with van der Waals surface area (Å²) in [6.07, 6.45) is 0. The van der Waals surface area contributed by atoms with Crippen LogP contribution in [0.15, 0.2) is 40.3 Å². The number of aromatic nitrogens is 2. The van der Waals surface area contributed by atoms with Crippen LogP contribution in [0.5, 0.6) is 0 Å². The van der Waals surface area contributed by atoms with Crippen LogP contribution in [-0.4, -0.2) is 19.6 Å². The Labute approximate surface area is 111 Å². The van der Waals surface area contributed by atoms with Crippen LogP contribution in [-0.2, 0) is 7.05 Å². The SMILES string of the molecule is Cn1nc([N+](=O)[O-])c([N+](=O)[O-])c1Sc1ccccc1. The summed E-state index contributed by atoms with van der Waals surface area (Å²) in [4.78, 5) is 20.8. The molecular weight excluding hydrogens is 272 g/mol. The fourth-order valence-electron chi connectivity index (χ4n) is 1.48. The first-order valence-corrected chi connectivity index (χ1v) is 5.91. The first-order chi connectivity index (χ1) is 9.00. The molecule has 8 nitrogen and oxygen atoms in total. The molecule has 0 bridgehead atoms. The number of hydrogen-bond donors (Lipinski definition) is 0. The molecule has 2 aromatic rings. The molecule has 0 aliphatic rings. The minimum atomic E-state index is -0.854. The molecule has 1 heterocycles. The number of rotatable bonds is 4. The number of benzene rings is 1. The van der Waals surface area contributed by atoms with E-state index in [2.05, 4.69) is 5.10 Å². The van der Waals surface area contributed by atoms with E-state index in [4.69, 9.17) is 0 Å². The Balaban J connectivity index is 2.51. The molecule has 0 aliphatic heterocycles. The molecular formula is C10H8N4O4S. The fraction of sp³-hybridized carbons (Fsp3) is 0.100. The van der Waals surface area contributed by atoms with Crippen molar-refractivity contribution in [3.63, 3.8) is 0 Å². The largest absolute Gasteiger partial charge is 0.469 e. The van der Waals surface area contributed by atoms with Crippen molar-refractivity contribution in [1.82, 2.24) is 9.78 Å². The van der Waals surface area contributed by atoms with Crippen molar-refractivity contribution in [2.45, 2.75) is 9.92 Å². The van der Waals surface area contributed by atoms with Gasteiger partial charge in [0.1, 0.15) is 0 Å². The summed E-state index contributed by atoms with van der Waals surface area (Å²) in [5.41, 5.74) is -0.582. The summed E-state index contributed by atoms with van der Waals surface area (Å²) in [6, 6.07) is 8.88. The van der Waals surface area contributed by atoms with Crippen LogP contribution in [0.25, 0.3) is 0 Å². The monoisotopic (exact) mass is 280 g/mol. The quantitative estimate of drug-likeness (QED) is 0.629. The van der Waals surface area contributed by atoms with E-state index in [1.165, 1.54) is 7.05 Å². The maximum absolute atomic E-state index is 11.0. The second-order valence-corrected chi connectivity index (χ2v) is 4.59. The van der Waals surface area contributed by atoms with Crippen molar-refractivity contribution in [3.8, 4) is 0 Å². The number of nitrogens with zero attached hydrogens (tertiary/aromatic N) is 4. The lowest BCUT2D eigenvalue weighted by atomic mass is 10.4. The van der Waals surface area contributed by atoms with Crippen molar-refractivity contribution in [3.05, 3.63) is 50.6 Å². The predicted octanol–water partition coefficient (Wildman–Crippen LogP) is 2.39. The van der Waals surface area contributed by atoms with Crippen LogP contribution in [0.4, 0.5) is 11.5 Å². The summed E-state index contributed by atoms with van der Waals surface area (Å²) in [6.45, 7) is 0. The Kier molecular flexibility index (Phi) is 3.47. The smallest absolute Gasteiger partial charge is 0.358 e. The zero-order valence-corrected chi connectivity index (χ0v) is 10.5. The zero-order valence-electron chi connectivity index (χ0n) is 9.72. The van der Waals surface area contributed by atoms with Crippen LogP contribution in [0, 0.1) is 20.2 Å². The van der Waals surface area contributed by atoms with E-state index in [1.54, 1.807) is 24.3 Å². The van der Waals surface area contributed by atoms with Crippen molar-refractivity contribution in [2.75, 3.05) is 0 Å². The van der Waals surface area contributed by atoms with E-state index in [1.807, 2.05) is 6.07 Å². The van der Waals surface area contributed by atoms with Gasteiger partial charge in [-0.1, -0.05) is 30.0 Å². The first kappa shape index (κ1) is 13.0. The van der Waals surface area contributed by atoms with E-state index in [0.717, 1.165) is 21.3 Å². The molecule has 0 radical (unpaired) electrons. The van der Waals surface area contributed by atoms with E-state index in [-0.39, 0.29) is 5.03 Å². The van der Waals surface area contributed by atoms with E-state index >= 15 is 0 Å². The van der Waals surface area contributed by atoms with Crippen LogP contribution in [0.3, 0.4) is 0 Å². The molecule has 19 heavy (non-hydrogen) atoms. The summed E-state index contributed by atoms with van der Waals surface area (Å²) in [5.74, 6) is -0.745. The molecule has 0 N–H and O–H groups in total. The third-order valence-corrected chi connectivity index (χ3v) is 3.43. The van der Waals surface area contributed by atoms with Gasteiger partial charge in [0.15, 0.2) is 0 Å². The van der Waals surface area contributed by atoms with E-state index < -0.39 is 21.4 Å². The second kappa shape index (κ2) is 5.06. The topological polar surface area (TPSA) is 104 Å². The molecule has 0 saturated heterocycles. The Bertz CT molecular complexity index is 640. The predicted molar refractivity (Wildman–Crippen MR) is 67.1 cm³/mol. The van der Waals surface area contributed by atoms with Gasteiger partial charge in [-0.05, 0) is 17.1 Å². The Morgan fingerprint density at radius 1 is 1.16 bits per heavy atom. The average Bonchev–Trinajstić information content (AvgIpc) is 2.68. The van der Waals surface area contributed by atoms with Crippen LogP contribution >= 0.6 is 11.8 Å². The van der Waals surface area contributed by atoms with Crippen molar-refractivity contribution < 1.29 is 9.85 Å². The summed E-state index contributed by atoms with van der Waals surface area (Å²) in [7, 11) is 1.44. The minimum absolute atomic E-state index is 0.128. The first-order valence-electron chi connectivity index (χ1n) is 5.09. The third kappa shape index (κ3) is 2.55. The molecule has 0 spiro atoms. The lowest BCUT2D eigenvalue weighted by molar-refractivity contribution is -0.426. The van der Waals surface area contributed by atoms with Gasteiger partial charge in [0.25, 0.3) is 0 Å². The standard InChI is InChI=1S/C10H8N4O4S/c1-12-10(19-7-5-3-2-4-6-7)8(13(15)16)9(11-12)14(17)18/h2-6H,1H3. The van der Waals surface area contributed by atoms with Gasteiger partial charge < -0.3 is 10.1 Å². The van der Waals surface area contributed by atoms with Gasteiger partial charge in [0.05, 0.1) is 17.1 Å². The summed E-state index contributed by atoms with van der Waals surface area (Å²) in [5, 5.41) is 25.5. The number of nitro groups is 2. The number of aryl methyl sites for hydroxylation is 1. The van der Waals surface area contributed by atoms with E-state index in [0.29, 0.717) is 0 Å². The van der Waals surface area contributed by atoms with Crippen LogP contribution < -0.4 is 0 Å². The lowest BCUT2D eigenvalue weighted by Crippen LogP contribution is -1.95. The Morgan fingerprint density at radius 2 is 1.79 bits per heavy atom. The van der Waals surface area contributed by atoms with Gasteiger partial charge in [-0.2, -0.15) is 4.68 Å². The average molecular weight is 280 g/mol. The van der Waals surface area contributed by atoms with Crippen molar-refractivity contribution >= 4 is 23.3 Å². The molecule has 2 rings (SSSR count). The molecule has 9 heteroatoms. The Morgan fingerprint density at radius 3 is 2.32 bits per heavy atom. The zero-order chi connectivity index (χ0) is 14.0. The molecule has 0 amide bonds. The van der Waals surface area contributed by atoms with Crippen LogP contribution in [0.2, 0.25) is 0 Å². The normalized spacial score (nSPS) is 10.4. The maximum atomic E-state index is 11.0. The Hall–Kier alpha value is -2.42. The molecule has 98 valence electrons. The molecule has 0 saturated carbocycles. The summed E-state index contributed by atoms with van der Waals surface area (Å²) >= 11 is 1.06.